The average molecular weight is 467 g/mol. The van der Waals surface area contributed by atoms with E-state index < -0.39 is 0 Å². The number of thioether (sulfide) groups is 1. The van der Waals surface area contributed by atoms with Crippen LogP contribution in [0.15, 0.2) is 93.3 Å². The molecule has 3 aromatic carbocycles. The fraction of sp³-hybridized carbons (Fsp3) is 0.130. The Hall–Kier alpha value is -2.57. The van der Waals surface area contributed by atoms with Crippen molar-refractivity contribution < 1.29 is 4.74 Å². The summed E-state index contributed by atoms with van der Waals surface area (Å²) in [4.78, 5) is 17.9. The van der Waals surface area contributed by atoms with Gasteiger partial charge in [-0.3, -0.25) is 9.36 Å². The molecule has 0 radical (unpaired) electrons. The highest BCUT2D eigenvalue weighted by Gasteiger charge is 2.12. The van der Waals surface area contributed by atoms with Crippen molar-refractivity contribution in [2.45, 2.75) is 11.7 Å². The number of hydrogen-bond donors (Lipinski definition) is 0. The number of rotatable bonds is 7. The van der Waals surface area contributed by atoms with Gasteiger partial charge in [-0.1, -0.05) is 76.2 Å². The van der Waals surface area contributed by atoms with E-state index in [4.69, 9.17) is 9.72 Å². The van der Waals surface area contributed by atoms with Crippen LogP contribution in [-0.2, 0) is 6.54 Å². The maximum Gasteiger partial charge on any atom is 0.262 e. The Bertz CT molecular complexity index is 1180. The molecule has 6 heteroatoms. The summed E-state index contributed by atoms with van der Waals surface area (Å²) in [6.07, 6.45) is 0. The van der Waals surface area contributed by atoms with Crippen molar-refractivity contribution in [2.75, 3.05) is 12.4 Å². The second kappa shape index (κ2) is 9.29. The monoisotopic (exact) mass is 466 g/mol. The van der Waals surface area contributed by atoms with Gasteiger partial charge in [-0.05, 0) is 35.9 Å². The van der Waals surface area contributed by atoms with E-state index >= 15 is 0 Å². The van der Waals surface area contributed by atoms with Crippen LogP contribution in [0, 0.1) is 0 Å². The first-order chi connectivity index (χ1) is 14.2. The highest BCUT2D eigenvalue weighted by molar-refractivity contribution is 9.10. The summed E-state index contributed by atoms with van der Waals surface area (Å²) in [5.74, 6) is 1.50. The first-order valence-corrected chi connectivity index (χ1v) is 11.0. The van der Waals surface area contributed by atoms with Gasteiger partial charge in [-0.2, -0.15) is 0 Å². The molecule has 29 heavy (non-hydrogen) atoms. The average Bonchev–Trinajstić information content (AvgIpc) is 2.74. The summed E-state index contributed by atoms with van der Waals surface area (Å²) in [6, 6.07) is 25.2. The molecule has 1 aromatic heterocycles. The van der Waals surface area contributed by atoms with E-state index in [1.165, 1.54) is 11.8 Å². The number of benzene rings is 3. The smallest absolute Gasteiger partial charge is 0.262 e. The van der Waals surface area contributed by atoms with E-state index in [1.54, 1.807) is 4.57 Å². The lowest BCUT2D eigenvalue weighted by Gasteiger charge is -2.13. The van der Waals surface area contributed by atoms with Gasteiger partial charge in [0, 0.05) is 10.2 Å². The molecule has 0 amide bonds. The van der Waals surface area contributed by atoms with Crippen molar-refractivity contribution in [3.05, 3.63) is 99.3 Å². The Labute approximate surface area is 181 Å². The molecule has 1 heterocycles. The molecule has 146 valence electrons. The molecule has 0 saturated carbocycles. The third-order valence-electron chi connectivity index (χ3n) is 4.39. The Morgan fingerprint density at radius 3 is 2.59 bits per heavy atom. The van der Waals surface area contributed by atoms with Crippen molar-refractivity contribution in [2.24, 2.45) is 0 Å². The van der Waals surface area contributed by atoms with Crippen molar-refractivity contribution >= 4 is 38.6 Å². The highest BCUT2D eigenvalue weighted by atomic mass is 79.9. The number of fused-ring (bicyclic) bond motifs is 1. The van der Waals surface area contributed by atoms with Gasteiger partial charge in [0.15, 0.2) is 5.16 Å². The molecule has 0 spiro atoms. The number of nitrogens with zero attached hydrogens (tertiary/aromatic N) is 2. The number of ether oxygens (including phenoxy) is 1. The van der Waals surface area contributed by atoms with E-state index in [9.17, 15) is 4.79 Å². The molecule has 0 atom stereocenters. The SMILES string of the molecule is O=c1c2ccccc2nc(SCCOc2cccc(Br)c2)n1Cc1ccccc1. The van der Waals surface area contributed by atoms with E-state index in [2.05, 4.69) is 15.9 Å². The lowest BCUT2D eigenvalue weighted by atomic mass is 10.2. The fourth-order valence-electron chi connectivity index (χ4n) is 3.01. The molecular weight excluding hydrogens is 448 g/mol. The number of aromatic nitrogens is 2. The Morgan fingerprint density at radius 1 is 0.966 bits per heavy atom. The Kier molecular flexibility index (Phi) is 6.32. The molecule has 0 N–H and O–H groups in total. The van der Waals surface area contributed by atoms with Gasteiger partial charge in [0.1, 0.15) is 5.75 Å². The van der Waals surface area contributed by atoms with Crippen molar-refractivity contribution in [3.63, 3.8) is 0 Å². The third-order valence-corrected chi connectivity index (χ3v) is 5.82. The molecule has 4 aromatic rings. The van der Waals surface area contributed by atoms with Crippen LogP contribution < -0.4 is 10.3 Å². The van der Waals surface area contributed by atoms with Crippen molar-refractivity contribution in [1.29, 1.82) is 0 Å². The van der Waals surface area contributed by atoms with Crippen molar-refractivity contribution in [1.82, 2.24) is 9.55 Å². The molecule has 0 aliphatic rings. The van der Waals surface area contributed by atoms with Gasteiger partial charge in [0.05, 0.1) is 24.1 Å². The minimum absolute atomic E-state index is 0.0186. The van der Waals surface area contributed by atoms with Crippen LogP contribution in [0.3, 0.4) is 0 Å². The summed E-state index contributed by atoms with van der Waals surface area (Å²) in [7, 11) is 0. The van der Waals surface area contributed by atoms with Crippen LogP contribution >= 0.6 is 27.7 Å². The lowest BCUT2D eigenvalue weighted by Crippen LogP contribution is -2.24. The summed E-state index contributed by atoms with van der Waals surface area (Å²) < 4.78 is 8.55. The molecule has 0 unspecified atom stereocenters. The first-order valence-electron chi connectivity index (χ1n) is 9.25. The molecule has 4 nitrogen and oxygen atoms in total. The number of hydrogen-bond acceptors (Lipinski definition) is 4. The second-order valence-corrected chi connectivity index (χ2v) is 8.42. The van der Waals surface area contributed by atoms with Gasteiger partial charge in [0.2, 0.25) is 0 Å². The number of para-hydroxylation sites is 1. The zero-order valence-corrected chi connectivity index (χ0v) is 18.0. The predicted molar refractivity (Wildman–Crippen MR) is 122 cm³/mol. The predicted octanol–water partition coefficient (Wildman–Crippen LogP) is 5.38. The van der Waals surface area contributed by atoms with E-state index in [0.29, 0.717) is 29.4 Å². The van der Waals surface area contributed by atoms with Gasteiger partial charge in [0.25, 0.3) is 5.56 Å². The molecule has 0 aliphatic heterocycles. The Morgan fingerprint density at radius 2 is 1.76 bits per heavy atom. The van der Waals surface area contributed by atoms with E-state index in [1.807, 2.05) is 78.9 Å². The summed E-state index contributed by atoms with van der Waals surface area (Å²) in [5.41, 5.74) is 1.77. The van der Waals surface area contributed by atoms with E-state index in [0.717, 1.165) is 21.3 Å². The summed E-state index contributed by atoms with van der Waals surface area (Å²) in [5, 5.41) is 1.34. The standard InChI is InChI=1S/C23H19BrN2O2S/c24-18-9-6-10-19(15-18)28-13-14-29-23-25-21-12-5-4-11-20(21)22(27)26(23)16-17-7-2-1-3-8-17/h1-12,15H,13-14,16H2. The lowest BCUT2D eigenvalue weighted by molar-refractivity contribution is 0.343. The third kappa shape index (κ3) is 4.89. The van der Waals surface area contributed by atoms with Gasteiger partial charge in [-0.15, -0.1) is 0 Å². The Balaban J connectivity index is 1.56. The largest absolute Gasteiger partial charge is 0.493 e. The maximum atomic E-state index is 13.1. The zero-order valence-electron chi connectivity index (χ0n) is 15.6. The molecule has 0 fully saturated rings. The summed E-state index contributed by atoms with van der Waals surface area (Å²) in [6.45, 7) is 1.02. The van der Waals surface area contributed by atoms with Crippen LogP contribution in [0.1, 0.15) is 5.56 Å². The van der Waals surface area contributed by atoms with Crippen LogP contribution in [0.2, 0.25) is 0 Å². The van der Waals surface area contributed by atoms with Gasteiger partial charge < -0.3 is 4.74 Å². The molecular formula is C23H19BrN2O2S. The quantitative estimate of drug-likeness (QED) is 0.208. The first kappa shape index (κ1) is 19.7. The highest BCUT2D eigenvalue weighted by Crippen LogP contribution is 2.21. The topological polar surface area (TPSA) is 44.1 Å². The molecule has 4 rings (SSSR count). The van der Waals surface area contributed by atoms with Crippen LogP contribution in [-0.4, -0.2) is 21.9 Å². The minimum Gasteiger partial charge on any atom is -0.493 e. The number of halogens is 1. The van der Waals surface area contributed by atoms with Crippen LogP contribution in [0.25, 0.3) is 10.9 Å². The molecule has 0 bridgehead atoms. The van der Waals surface area contributed by atoms with Crippen LogP contribution in [0.4, 0.5) is 0 Å². The van der Waals surface area contributed by atoms with Gasteiger partial charge >= 0.3 is 0 Å². The van der Waals surface area contributed by atoms with Crippen molar-refractivity contribution in [3.8, 4) is 5.75 Å². The van der Waals surface area contributed by atoms with Crippen LogP contribution in [0.5, 0.6) is 5.75 Å². The zero-order chi connectivity index (χ0) is 20.1. The molecule has 0 saturated heterocycles. The normalized spacial score (nSPS) is 10.9. The molecule has 0 aliphatic carbocycles. The second-order valence-electron chi connectivity index (χ2n) is 6.44. The minimum atomic E-state index is -0.0186. The summed E-state index contributed by atoms with van der Waals surface area (Å²) >= 11 is 4.98. The van der Waals surface area contributed by atoms with Gasteiger partial charge in [-0.25, -0.2) is 4.98 Å². The van der Waals surface area contributed by atoms with E-state index in [-0.39, 0.29) is 5.56 Å². The fourth-order valence-corrected chi connectivity index (χ4v) is 4.21. The maximum absolute atomic E-state index is 13.1.